The smallest absolute Gasteiger partial charge is 0.303 e. The van der Waals surface area contributed by atoms with Gasteiger partial charge in [0.1, 0.15) is 37.6 Å². The van der Waals surface area contributed by atoms with Gasteiger partial charge < -0.3 is 76.2 Å². The minimum Gasteiger partial charge on any atom is -0.463 e. The topological polar surface area (TPSA) is 329 Å². The van der Waals surface area contributed by atoms with E-state index in [1.165, 1.54) is 0 Å². The van der Waals surface area contributed by atoms with E-state index in [-0.39, 0.29) is 0 Å². The van der Waals surface area contributed by atoms with E-state index in [1.54, 1.807) is 0 Å². The van der Waals surface area contributed by atoms with Crippen molar-refractivity contribution in [1.82, 2.24) is 0 Å². The molecule has 3 rings (SSSR count). The zero-order valence-electron chi connectivity index (χ0n) is 36.4. The zero-order chi connectivity index (χ0) is 48.2. The molecule has 0 unspecified atom stereocenters. The summed E-state index contributed by atoms with van der Waals surface area (Å²) in [6.45, 7) is 7.78. The Hall–Kier alpha value is -5.54. The summed E-state index contributed by atoms with van der Waals surface area (Å²) in [6, 6.07) is 0. The highest BCUT2D eigenvalue weighted by Crippen LogP contribution is 2.36. The van der Waals surface area contributed by atoms with Crippen LogP contribution in [-0.2, 0) is 119 Å². The average molecular weight is 925 g/mol. The van der Waals surface area contributed by atoms with Gasteiger partial charge in [0.25, 0.3) is 0 Å². The molecule has 0 bridgehead atoms. The second-order valence-electron chi connectivity index (χ2n) is 14.3. The fourth-order valence-electron chi connectivity index (χ4n) is 6.80. The Labute approximate surface area is 364 Å². The van der Waals surface area contributed by atoms with Gasteiger partial charge in [-0.05, 0) is 0 Å². The molecule has 64 heavy (non-hydrogen) atoms. The van der Waals surface area contributed by atoms with Crippen molar-refractivity contribution in [3.8, 4) is 0 Å². The molecule has 26 nitrogen and oxygen atoms in total. The Morgan fingerprint density at radius 1 is 0.344 bits per heavy atom. The molecule has 3 heterocycles. The van der Waals surface area contributed by atoms with Gasteiger partial charge in [-0.3, -0.25) is 47.9 Å². The van der Waals surface area contributed by atoms with Gasteiger partial charge >= 0.3 is 59.7 Å². The van der Waals surface area contributed by atoms with Crippen molar-refractivity contribution in [2.75, 3.05) is 19.8 Å². The van der Waals surface area contributed by atoms with Crippen LogP contribution < -0.4 is 0 Å². The second kappa shape index (κ2) is 23.9. The highest BCUT2D eigenvalue weighted by molar-refractivity contribution is 5.70. The van der Waals surface area contributed by atoms with Crippen LogP contribution in [0.1, 0.15) is 69.2 Å². The molecule has 1 N–H and O–H groups in total. The first-order valence-electron chi connectivity index (χ1n) is 19.4. The maximum atomic E-state index is 12.7. The van der Waals surface area contributed by atoms with Crippen LogP contribution in [0.5, 0.6) is 0 Å². The number of aliphatic hydroxyl groups excluding tert-OH is 1. The summed E-state index contributed by atoms with van der Waals surface area (Å²) in [5.74, 6) is -9.44. The summed E-state index contributed by atoms with van der Waals surface area (Å²) >= 11 is 0. The fourth-order valence-corrected chi connectivity index (χ4v) is 6.80. The lowest BCUT2D eigenvalue weighted by atomic mass is 9.95. The Balaban J connectivity index is 2.16. The molecule has 0 saturated carbocycles. The van der Waals surface area contributed by atoms with E-state index in [4.69, 9.17) is 71.1 Å². The summed E-state index contributed by atoms with van der Waals surface area (Å²) in [6.07, 6.45) is -26.5. The maximum absolute atomic E-state index is 12.7. The molecule has 0 radical (unpaired) electrons. The average Bonchev–Trinajstić information content (AvgIpc) is 3.14. The molecule has 0 aliphatic carbocycles. The molecular weight excluding hydrogens is 872 g/mol. The summed E-state index contributed by atoms with van der Waals surface area (Å²) in [5.41, 5.74) is 0. The summed E-state index contributed by atoms with van der Waals surface area (Å²) in [4.78, 5) is 123. The quantitative estimate of drug-likeness (QED) is 0.123. The van der Waals surface area contributed by atoms with Crippen LogP contribution in [0.15, 0.2) is 0 Å². The first-order chi connectivity index (χ1) is 29.9. The highest BCUT2D eigenvalue weighted by Gasteiger charge is 2.58. The molecule has 0 amide bonds. The van der Waals surface area contributed by atoms with Crippen molar-refractivity contribution in [3.05, 3.63) is 0 Å². The number of aliphatic hydroxyl groups is 1. The normalized spacial score (nSPS) is 32.3. The number of ether oxygens (including phenoxy) is 15. The molecule has 3 fully saturated rings. The van der Waals surface area contributed by atoms with Gasteiger partial charge in [-0.15, -0.1) is 0 Å². The largest absolute Gasteiger partial charge is 0.463 e. The van der Waals surface area contributed by atoms with Crippen LogP contribution >= 0.6 is 0 Å². The maximum Gasteiger partial charge on any atom is 0.303 e. The number of rotatable bonds is 17. The summed E-state index contributed by atoms with van der Waals surface area (Å²) in [7, 11) is 0. The van der Waals surface area contributed by atoms with E-state index in [0.29, 0.717) is 0 Å². The molecule has 3 aliphatic rings. The Bertz CT molecular complexity index is 1730. The molecule has 26 heteroatoms. The van der Waals surface area contributed by atoms with Gasteiger partial charge in [-0.2, -0.15) is 0 Å². The van der Waals surface area contributed by atoms with Crippen molar-refractivity contribution in [2.45, 2.75) is 161 Å². The lowest BCUT2D eigenvalue weighted by Crippen LogP contribution is -2.67. The molecular formula is C38H52O26. The highest BCUT2D eigenvalue weighted by atomic mass is 16.8. The standard InChI is InChI=1S/C38H52O26/c1-14(39)50-11-25-28(54-17(4)42)31(56-19(6)44)34(59-22(9)47)37(62-25)52-13-24-27(53-16(3)41)30(33(36(49)61-24)58-21(8)46)64-38-35(60-23(10)48)32(57-20(7)45)29(55-18(5)43)26(63-38)12-51-15(2)40/h24-38,49H,11-13H2,1-10H3/t24-,25-,26-,27-,28-,29-,30+,31+,32+,33+,34+,35+,36-,37+,38-/m1/s1. The van der Waals surface area contributed by atoms with Crippen LogP contribution in [0.2, 0.25) is 0 Å². The van der Waals surface area contributed by atoms with E-state index >= 15 is 0 Å². The van der Waals surface area contributed by atoms with E-state index in [1.807, 2.05) is 0 Å². The van der Waals surface area contributed by atoms with E-state index in [2.05, 4.69) is 0 Å². The molecule has 3 aliphatic heterocycles. The van der Waals surface area contributed by atoms with Crippen molar-refractivity contribution >= 4 is 59.7 Å². The third kappa shape index (κ3) is 15.6. The molecule has 0 spiro atoms. The molecule has 360 valence electrons. The van der Waals surface area contributed by atoms with Gasteiger partial charge in [0.2, 0.25) is 0 Å². The van der Waals surface area contributed by atoms with Gasteiger partial charge in [0.15, 0.2) is 67.7 Å². The van der Waals surface area contributed by atoms with E-state index in [9.17, 15) is 53.1 Å². The van der Waals surface area contributed by atoms with E-state index in [0.717, 1.165) is 69.2 Å². The van der Waals surface area contributed by atoms with Crippen molar-refractivity contribution in [1.29, 1.82) is 0 Å². The first kappa shape index (κ1) is 52.8. The van der Waals surface area contributed by atoms with Crippen LogP contribution in [0, 0.1) is 0 Å². The lowest BCUT2D eigenvalue weighted by Gasteiger charge is -2.48. The number of esters is 10. The van der Waals surface area contributed by atoms with Gasteiger partial charge in [0, 0.05) is 69.2 Å². The predicted octanol–water partition coefficient (Wildman–Crippen LogP) is -1.86. The predicted molar refractivity (Wildman–Crippen MR) is 197 cm³/mol. The minimum absolute atomic E-state index is 0.623. The first-order valence-corrected chi connectivity index (χ1v) is 19.4. The number of hydrogen-bond acceptors (Lipinski definition) is 26. The van der Waals surface area contributed by atoms with Crippen molar-refractivity contribution < 1.29 is 124 Å². The third-order valence-corrected chi connectivity index (χ3v) is 8.83. The molecule has 15 atom stereocenters. The molecule has 0 aromatic heterocycles. The molecule has 0 aromatic rings. The van der Waals surface area contributed by atoms with Gasteiger partial charge in [-0.25, -0.2) is 0 Å². The van der Waals surface area contributed by atoms with Crippen LogP contribution in [0.3, 0.4) is 0 Å². The Morgan fingerprint density at radius 2 is 0.641 bits per heavy atom. The summed E-state index contributed by atoms with van der Waals surface area (Å²) < 4.78 is 83.5. The fraction of sp³-hybridized carbons (Fsp3) is 0.737. The SMILES string of the molecule is CC(=O)OC[C@H]1O[C@H](OC[C@H]2O[C@@H](O)[C@@H](OC(C)=O)[C@@H](O[C@H]3O[C@H](COC(C)=O)[C@@H](OC(C)=O)[C@H](OC(C)=O)[C@@H]3OC(C)=O)[C@@H]2OC(C)=O)[C@@H](OC(C)=O)[C@@H](OC(C)=O)[C@@H]1OC(C)=O. The van der Waals surface area contributed by atoms with Crippen molar-refractivity contribution in [3.63, 3.8) is 0 Å². The zero-order valence-corrected chi connectivity index (χ0v) is 36.4. The lowest BCUT2D eigenvalue weighted by molar-refractivity contribution is -0.363. The minimum atomic E-state index is -2.17. The van der Waals surface area contributed by atoms with Crippen LogP contribution in [-0.4, -0.2) is 177 Å². The number of carbonyl (C=O) groups excluding carboxylic acids is 10. The Morgan fingerprint density at radius 3 is 1.02 bits per heavy atom. The summed E-state index contributed by atoms with van der Waals surface area (Å²) in [5, 5.41) is 11.4. The molecule has 0 aromatic carbocycles. The van der Waals surface area contributed by atoms with Crippen LogP contribution in [0.25, 0.3) is 0 Å². The van der Waals surface area contributed by atoms with Crippen molar-refractivity contribution in [2.24, 2.45) is 0 Å². The van der Waals surface area contributed by atoms with Crippen LogP contribution in [0.4, 0.5) is 0 Å². The van der Waals surface area contributed by atoms with Gasteiger partial charge in [-0.1, -0.05) is 0 Å². The number of hydrogen-bond donors (Lipinski definition) is 1. The number of carbonyl (C=O) groups is 10. The van der Waals surface area contributed by atoms with E-state index < -0.39 is 172 Å². The third-order valence-electron chi connectivity index (χ3n) is 8.83. The molecule has 3 saturated heterocycles. The second-order valence-corrected chi connectivity index (χ2v) is 14.3. The monoisotopic (exact) mass is 924 g/mol. The van der Waals surface area contributed by atoms with Gasteiger partial charge in [0.05, 0.1) is 6.61 Å². The Kier molecular flexibility index (Phi) is 19.8.